The van der Waals surface area contributed by atoms with E-state index in [2.05, 4.69) is 36.7 Å². The van der Waals surface area contributed by atoms with Crippen molar-refractivity contribution < 1.29 is 4.79 Å². The van der Waals surface area contributed by atoms with Crippen molar-refractivity contribution >= 4 is 33.7 Å². The molecule has 0 aliphatic heterocycles. The molecule has 0 bridgehead atoms. The Morgan fingerprint density at radius 3 is 2.62 bits per heavy atom. The number of aromatic amines is 2. The van der Waals surface area contributed by atoms with E-state index in [1.807, 2.05) is 45.7 Å². The molecule has 3 aromatic heterocycles. The zero-order valence-corrected chi connectivity index (χ0v) is 17.1. The van der Waals surface area contributed by atoms with E-state index in [-0.39, 0.29) is 0 Å². The number of aryl methyl sites for hydroxylation is 1. The summed E-state index contributed by atoms with van der Waals surface area (Å²) in [7, 11) is 6.01. The third-order valence-corrected chi connectivity index (χ3v) is 5.35. The first-order chi connectivity index (χ1) is 13.9. The first-order valence-corrected chi connectivity index (χ1v) is 9.47. The fourth-order valence-corrected chi connectivity index (χ4v) is 3.73. The molecule has 0 aliphatic carbocycles. The Morgan fingerprint density at radius 2 is 1.90 bits per heavy atom. The second-order valence-corrected chi connectivity index (χ2v) is 7.57. The smallest absolute Gasteiger partial charge is 0.253 e. The quantitative estimate of drug-likeness (QED) is 0.468. The van der Waals surface area contributed by atoms with Crippen LogP contribution in [-0.4, -0.2) is 65.0 Å². The highest BCUT2D eigenvalue weighted by atomic mass is 16.1. The van der Waals surface area contributed by atoms with Gasteiger partial charge in [0.15, 0.2) is 0 Å². The number of hydrogen-bond donors (Lipinski definition) is 3. The molecular formula is C21H25N7O. The number of carbonyl (C=O) groups is 1. The molecule has 0 saturated heterocycles. The Bertz CT molecular complexity index is 1200. The number of nitrogens with two attached hydrogens (primary N) is 1. The van der Waals surface area contributed by atoms with Crippen LogP contribution in [0.5, 0.6) is 0 Å². The zero-order chi connectivity index (χ0) is 20.7. The minimum atomic E-state index is -0.479. The number of anilines is 1. The molecule has 0 unspecified atom stereocenters. The van der Waals surface area contributed by atoms with Gasteiger partial charge in [0.25, 0.3) is 5.91 Å². The van der Waals surface area contributed by atoms with Crippen molar-refractivity contribution in [1.29, 1.82) is 0 Å². The van der Waals surface area contributed by atoms with E-state index < -0.39 is 5.91 Å². The van der Waals surface area contributed by atoms with Crippen LogP contribution < -0.4 is 10.6 Å². The second kappa shape index (κ2) is 7.21. The van der Waals surface area contributed by atoms with Gasteiger partial charge in [0.05, 0.1) is 39.6 Å². The number of carbonyl (C=O) groups excluding carboxylic acids is 1. The lowest BCUT2D eigenvalue weighted by atomic mass is 9.96. The normalized spacial score (nSPS) is 11.6. The third kappa shape index (κ3) is 3.21. The lowest BCUT2D eigenvalue weighted by Crippen LogP contribution is -2.30. The van der Waals surface area contributed by atoms with Gasteiger partial charge >= 0.3 is 0 Å². The summed E-state index contributed by atoms with van der Waals surface area (Å²) < 4.78 is 0. The van der Waals surface area contributed by atoms with Crippen molar-refractivity contribution in [1.82, 2.24) is 24.8 Å². The van der Waals surface area contributed by atoms with E-state index in [9.17, 15) is 4.79 Å². The monoisotopic (exact) mass is 391 g/mol. The number of benzene rings is 1. The van der Waals surface area contributed by atoms with Crippen LogP contribution in [-0.2, 0) is 0 Å². The molecule has 8 heteroatoms. The van der Waals surface area contributed by atoms with E-state index >= 15 is 0 Å². The van der Waals surface area contributed by atoms with Gasteiger partial charge in [-0.25, -0.2) is 4.98 Å². The van der Waals surface area contributed by atoms with Gasteiger partial charge < -0.3 is 25.5 Å². The highest BCUT2D eigenvalue weighted by molar-refractivity contribution is 6.13. The molecule has 4 N–H and O–H groups in total. The summed E-state index contributed by atoms with van der Waals surface area (Å²) in [5, 5.41) is 0. The van der Waals surface area contributed by atoms with Crippen LogP contribution in [0.2, 0.25) is 0 Å². The van der Waals surface area contributed by atoms with E-state index in [1.54, 1.807) is 6.33 Å². The molecule has 1 aromatic carbocycles. The fourth-order valence-electron chi connectivity index (χ4n) is 3.73. The number of primary amides is 1. The highest BCUT2D eigenvalue weighted by Gasteiger charge is 2.22. The minimum Gasteiger partial charge on any atom is -0.373 e. The zero-order valence-electron chi connectivity index (χ0n) is 17.1. The summed E-state index contributed by atoms with van der Waals surface area (Å²) in [6.07, 6.45) is 5.35. The number of amides is 1. The van der Waals surface area contributed by atoms with Gasteiger partial charge in [-0.15, -0.1) is 0 Å². The Labute approximate surface area is 168 Å². The molecule has 0 atom stereocenters. The number of imidazole rings is 1. The molecule has 1 amide bonds. The average molecular weight is 391 g/mol. The predicted octanol–water partition coefficient (Wildman–Crippen LogP) is 2.51. The number of hydrogen-bond acceptors (Lipinski definition) is 5. The minimum absolute atomic E-state index is 0.453. The SMILES string of the molecule is Cc1c(-c2cc(N(C)CCN(C)C)c(C(N)=O)c3[nH]cnc23)cnc2cc[nH]c12. The summed E-state index contributed by atoms with van der Waals surface area (Å²) in [6, 6.07) is 3.95. The standard InChI is InChI=1S/C21H25N7O/c1-12-14(10-24-15-5-6-23-18(12)15)13-9-16(28(4)8-7-27(2)3)17(21(22)29)20-19(13)25-11-26-20/h5-6,9-11,23H,7-8H2,1-4H3,(H2,22,29)(H,25,26). The molecule has 0 fully saturated rings. The Morgan fingerprint density at radius 1 is 1.10 bits per heavy atom. The highest BCUT2D eigenvalue weighted by Crippen LogP contribution is 2.37. The van der Waals surface area contributed by atoms with Gasteiger partial charge in [-0.05, 0) is 38.7 Å². The van der Waals surface area contributed by atoms with Crippen molar-refractivity contribution in [2.45, 2.75) is 6.92 Å². The molecule has 0 aliphatic rings. The van der Waals surface area contributed by atoms with Crippen LogP contribution >= 0.6 is 0 Å². The Kier molecular flexibility index (Phi) is 4.71. The number of nitrogens with zero attached hydrogens (tertiary/aromatic N) is 4. The van der Waals surface area contributed by atoms with Gasteiger partial charge in [0, 0.05) is 43.7 Å². The third-order valence-electron chi connectivity index (χ3n) is 5.35. The first-order valence-electron chi connectivity index (χ1n) is 9.47. The van der Waals surface area contributed by atoms with Crippen molar-refractivity contribution in [3.63, 3.8) is 0 Å². The number of pyridine rings is 1. The molecular weight excluding hydrogens is 366 g/mol. The van der Waals surface area contributed by atoms with Crippen molar-refractivity contribution in [2.75, 3.05) is 39.1 Å². The van der Waals surface area contributed by atoms with Gasteiger partial charge in [-0.3, -0.25) is 9.78 Å². The van der Waals surface area contributed by atoms with E-state index in [1.165, 1.54) is 0 Å². The summed E-state index contributed by atoms with van der Waals surface area (Å²) in [6.45, 7) is 3.66. The predicted molar refractivity (Wildman–Crippen MR) is 116 cm³/mol. The van der Waals surface area contributed by atoms with Crippen LogP contribution in [0.25, 0.3) is 33.2 Å². The van der Waals surface area contributed by atoms with Gasteiger partial charge in [-0.2, -0.15) is 0 Å². The van der Waals surface area contributed by atoms with Crippen LogP contribution in [0.4, 0.5) is 5.69 Å². The van der Waals surface area contributed by atoms with Crippen LogP contribution in [0.3, 0.4) is 0 Å². The molecule has 4 rings (SSSR count). The largest absolute Gasteiger partial charge is 0.373 e. The van der Waals surface area contributed by atoms with Crippen LogP contribution in [0, 0.1) is 6.92 Å². The molecule has 0 spiro atoms. The van der Waals surface area contributed by atoms with Gasteiger partial charge in [-0.1, -0.05) is 0 Å². The number of aromatic nitrogens is 4. The number of H-pyrrole nitrogens is 2. The van der Waals surface area contributed by atoms with Crippen molar-refractivity contribution in [2.24, 2.45) is 5.73 Å². The number of likely N-dealkylation sites (N-methyl/N-ethyl adjacent to an activating group) is 2. The maximum Gasteiger partial charge on any atom is 0.253 e. The van der Waals surface area contributed by atoms with Gasteiger partial charge in [0.2, 0.25) is 0 Å². The summed E-state index contributed by atoms with van der Waals surface area (Å²) in [4.78, 5) is 32.0. The molecule has 0 radical (unpaired) electrons. The molecule has 4 aromatic rings. The summed E-state index contributed by atoms with van der Waals surface area (Å²) >= 11 is 0. The maximum absolute atomic E-state index is 12.4. The first kappa shape index (κ1) is 18.9. The Balaban J connectivity index is 1.97. The second-order valence-electron chi connectivity index (χ2n) is 7.57. The molecule has 0 saturated carbocycles. The lowest BCUT2D eigenvalue weighted by molar-refractivity contribution is 0.100. The average Bonchev–Trinajstić information content (AvgIpc) is 3.34. The van der Waals surface area contributed by atoms with E-state index in [0.717, 1.165) is 46.5 Å². The van der Waals surface area contributed by atoms with E-state index in [4.69, 9.17) is 5.73 Å². The number of rotatable bonds is 6. The number of fused-ring (bicyclic) bond motifs is 2. The summed E-state index contributed by atoms with van der Waals surface area (Å²) in [5.74, 6) is -0.479. The lowest BCUT2D eigenvalue weighted by Gasteiger charge is -2.25. The van der Waals surface area contributed by atoms with E-state index in [0.29, 0.717) is 16.6 Å². The molecule has 8 nitrogen and oxygen atoms in total. The fraction of sp³-hybridized carbons (Fsp3) is 0.286. The summed E-state index contributed by atoms with van der Waals surface area (Å²) in [5.41, 5.74) is 13.2. The maximum atomic E-state index is 12.4. The van der Waals surface area contributed by atoms with Crippen LogP contribution in [0.1, 0.15) is 15.9 Å². The van der Waals surface area contributed by atoms with Gasteiger partial charge in [0.1, 0.15) is 0 Å². The van der Waals surface area contributed by atoms with Crippen LogP contribution in [0.15, 0.2) is 30.9 Å². The molecule has 29 heavy (non-hydrogen) atoms. The van der Waals surface area contributed by atoms with Crippen molar-refractivity contribution in [3.05, 3.63) is 42.0 Å². The van der Waals surface area contributed by atoms with Crippen molar-refractivity contribution in [3.8, 4) is 11.1 Å². The topological polar surface area (TPSA) is 107 Å². The number of nitrogens with one attached hydrogen (secondary N) is 2. The molecule has 3 heterocycles. The Hall–Kier alpha value is -3.39. The molecule has 150 valence electrons.